The maximum atomic E-state index is 13.2. The molecule has 0 atom stereocenters. The van der Waals surface area contributed by atoms with Gasteiger partial charge in [0.05, 0.1) is 23.4 Å². The minimum absolute atomic E-state index is 0.0694. The van der Waals surface area contributed by atoms with Crippen LogP contribution in [0.5, 0.6) is 0 Å². The first kappa shape index (κ1) is 19.5. The van der Waals surface area contributed by atoms with Crippen LogP contribution in [0.1, 0.15) is 16.9 Å². The van der Waals surface area contributed by atoms with E-state index in [1.807, 2.05) is 18.2 Å². The fraction of sp³-hybridized carbons (Fsp3) is 0.421. The lowest BCUT2D eigenvalue weighted by Crippen LogP contribution is -2.39. The van der Waals surface area contributed by atoms with Crippen molar-refractivity contribution >= 4 is 48.5 Å². The Morgan fingerprint density at radius 2 is 2.14 bits per heavy atom. The average Bonchev–Trinajstić information content (AvgIpc) is 3.31. The third-order valence-corrected chi connectivity index (χ3v) is 6.35. The summed E-state index contributed by atoms with van der Waals surface area (Å²) in [7, 11) is 1.79. The summed E-state index contributed by atoms with van der Waals surface area (Å²) in [6.45, 7) is 5.02. The molecule has 0 bridgehead atoms. The van der Waals surface area contributed by atoms with E-state index in [9.17, 15) is 4.79 Å². The molecule has 0 spiro atoms. The minimum atomic E-state index is -0.0694. The summed E-state index contributed by atoms with van der Waals surface area (Å²) in [5.74, 6) is -0.0694. The van der Waals surface area contributed by atoms with Gasteiger partial charge in [0.2, 0.25) is 0 Å². The lowest BCUT2D eigenvalue weighted by Gasteiger charge is -2.27. The van der Waals surface area contributed by atoms with Gasteiger partial charge >= 0.3 is 0 Å². The van der Waals surface area contributed by atoms with Crippen molar-refractivity contribution in [3.63, 3.8) is 0 Å². The lowest BCUT2D eigenvalue weighted by molar-refractivity contribution is 0.0376. The molecule has 1 saturated heterocycles. The van der Waals surface area contributed by atoms with Crippen molar-refractivity contribution in [2.24, 2.45) is 7.05 Å². The number of thiazole rings is 1. The molecule has 7 nitrogen and oxygen atoms in total. The van der Waals surface area contributed by atoms with Crippen LogP contribution in [0, 0.1) is 0 Å². The number of hydrogen-bond acceptors (Lipinski definition) is 6. The normalized spacial score (nSPS) is 15.2. The van der Waals surface area contributed by atoms with Crippen molar-refractivity contribution in [1.82, 2.24) is 19.7 Å². The van der Waals surface area contributed by atoms with E-state index in [4.69, 9.17) is 9.72 Å². The standard InChI is InChI=1S/C19H22BrN5O2S/c1-23-16(5-6-21-23)18(26)25(8-2-7-24-9-11-27-12-10-24)19-22-15-4-3-14(20)13-17(15)28-19/h3-6,13H,2,7-12H2,1H3. The summed E-state index contributed by atoms with van der Waals surface area (Å²) in [5, 5.41) is 4.87. The number of aryl methyl sites for hydroxylation is 1. The van der Waals surface area contributed by atoms with E-state index in [1.54, 1.807) is 28.9 Å². The van der Waals surface area contributed by atoms with Crippen LogP contribution in [0.25, 0.3) is 10.2 Å². The highest BCUT2D eigenvalue weighted by Crippen LogP contribution is 2.31. The molecule has 4 rings (SSSR count). The highest BCUT2D eigenvalue weighted by molar-refractivity contribution is 9.10. The number of nitrogens with zero attached hydrogens (tertiary/aromatic N) is 5. The van der Waals surface area contributed by atoms with Crippen LogP contribution in [0.2, 0.25) is 0 Å². The first-order chi connectivity index (χ1) is 13.6. The van der Waals surface area contributed by atoms with E-state index >= 15 is 0 Å². The third-order valence-electron chi connectivity index (χ3n) is 4.82. The number of halogens is 1. The van der Waals surface area contributed by atoms with Gasteiger partial charge in [-0.15, -0.1) is 0 Å². The van der Waals surface area contributed by atoms with Crippen LogP contribution in [0.15, 0.2) is 34.9 Å². The lowest BCUT2D eigenvalue weighted by atomic mass is 10.3. The monoisotopic (exact) mass is 463 g/mol. The molecular weight excluding hydrogens is 442 g/mol. The number of rotatable bonds is 6. The molecule has 3 aromatic rings. The number of amides is 1. The van der Waals surface area contributed by atoms with Crippen molar-refractivity contribution in [2.45, 2.75) is 6.42 Å². The van der Waals surface area contributed by atoms with Crippen LogP contribution >= 0.6 is 27.3 Å². The average molecular weight is 464 g/mol. The molecule has 28 heavy (non-hydrogen) atoms. The fourth-order valence-electron chi connectivity index (χ4n) is 3.28. The van der Waals surface area contributed by atoms with Gasteiger partial charge in [0.25, 0.3) is 5.91 Å². The van der Waals surface area contributed by atoms with Crippen LogP contribution in [-0.2, 0) is 11.8 Å². The molecular formula is C19H22BrN5O2S. The molecule has 1 aliphatic heterocycles. The molecule has 1 fully saturated rings. The van der Waals surface area contributed by atoms with Gasteiger partial charge in [-0.25, -0.2) is 4.98 Å². The number of carbonyl (C=O) groups is 1. The van der Waals surface area contributed by atoms with Gasteiger partial charge < -0.3 is 4.74 Å². The summed E-state index contributed by atoms with van der Waals surface area (Å²) in [6.07, 6.45) is 2.53. The van der Waals surface area contributed by atoms with Gasteiger partial charge in [-0.05, 0) is 30.7 Å². The first-order valence-electron chi connectivity index (χ1n) is 9.28. The molecule has 3 heterocycles. The molecule has 0 aliphatic carbocycles. The van der Waals surface area contributed by atoms with Crippen LogP contribution in [0.4, 0.5) is 5.13 Å². The number of hydrogen-bond donors (Lipinski definition) is 0. The Kier molecular flexibility index (Phi) is 6.05. The van der Waals surface area contributed by atoms with Crippen molar-refractivity contribution < 1.29 is 9.53 Å². The molecule has 0 radical (unpaired) electrons. The zero-order chi connectivity index (χ0) is 19.5. The zero-order valence-electron chi connectivity index (χ0n) is 15.7. The Hall–Kier alpha value is -1.81. The van der Waals surface area contributed by atoms with Crippen molar-refractivity contribution in [2.75, 3.05) is 44.3 Å². The smallest absolute Gasteiger partial charge is 0.278 e. The predicted octanol–water partition coefficient (Wildman–Crippen LogP) is 3.16. The maximum Gasteiger partial charge on any atom is 0.278 e. The van der Waals surface area contributed by atoms with Crippen molar-refractivity contribution in [3.05, 3.63) is 40.6 Å². The zero-order valence-corrected chi connectivity index (χ0v) is 18.1. The molecule has 9 heteroatoms. The molecule has 148 valence electrons. The van der Waals surface area contributed by atoms with Crippen LogP contribution in [-0.4, -0.2) is 65.0 Å². The van der Waals surface area contributed by atoms with Crippen molar-refractivity contribution in [1.29, 1.82) is 0 Å². The molecule has 2 aromatic heterocycles. The summed E-state index contributed by atoms with van der Waals surface area (Å²) >= 11 is 5.04. The maximum absolute atomic E-state index is 13.2. The third kappa shape index (κ3) is 4.27. The van der Waals surface area contributed by atoms with Gasteiger partial charge in [0.15, 0.2) is 5.13 Å². The minimum Gasteiger partial charge on any atom is -0.379 e. The number of anilines is 1. The van der Waals surface area contributed by atoms with Gasteiger partial charge in [-0.2, -0.15) is 5.10 Å². The van der Waals surface area contributed by atoms with Gasteiger partial charge in [0, 0.05) is 43.9 Å². The molecule has 1 aliphatic rings. The quantitative estimate of drug-likeness (QED) is 0.561. The van der Waals surface area contributed by atoms with E-state index in [-0.39, 0.29) is 5.91 Å². The number of ether oxygens (including phenoxy) is 1. The second-order valence-corrected chi connectivity index (χ2v) is 8.64. The van der Waals surface area contributed by atoms with Gasteiger partial charge in [-0.1, -0.05) is 27.3 Å². The Morgan fingerprint density at radius 1 is 1.32 bits per heavy atom. The Morgan fingerprint density at radius 3 is 2.89 bits per heavy atom. The second kappa shape index (κ2) is 8.69. The number of aromatic nitrogens is 3. The fourth-order valence-corrected chi connectivity index (χ4v) is 4.83. The topological polar surface area (TPSA) is 63.5 Å². The predicted molar refractivity (Wildman–Crippen MR) is 114 cm³/mol. The summed E-state index contributed by atoms with van der Waals surface area (Å²) in [5.41, 5.74) is 1.46. The molecule has 1 amide bonds. The highest BCUT2D eigenvalue weighted by atomic mass is 79.9. The SMILES string of the molecule is Cn1nccc1C(=O)N(CCCN1CCOCC1)c1nc2ccc(Br)cc2s1. The Labute approximate surface area is 176 Å². The Bertz CT molecular complexity index is 966. The summed E-state index contributed by atoms with van der Waals surface area (Å²) in [4.78, 5) is 22.1. The molecule has 0 saturated carbocycles. The van der Waals surface area contributed by atoms with E-state index in [1.165, 1.54) is 11.3 Å². The Balaban J connectivity index is 1.56. The van der Waals surface area contributed by atoms with E-state index in [0.717, 1.165) is 59.1 Å². The van der Waals surface area contributed by atoms with Gasteiger partial charge in [0.1, 0.15) is 5.69 Å². The first-order valence-corrected chi connectivity index (χ1v) is 10.9. The van der Waals surface area contributed by atoms with Crippen molar-refractivity contribution in [3.8, 4) is 0 Å². The largest absolute Gasteiger partial charge is 0.379 e. The van der Waals surface area contributed by atoms with Gasteiger partial charge in [-0.3, -0.25) is 19.3 Å². The van der Waals surface area contributed by atoms with E-state index in [2.05, 4.69) is 25.9 Å². The van der Waals surface area contributed by atoms with E-state index < -0.39 is 0 Å². The number of carbonyl (C=O) groups excluding carboxylic acids is 1. The van der Waals surface area contributed by atoms with Crippen LogP contribution < -0.4 is 4.90 Å². The number of fused-ring (bicyclic) bond motifs is 1. The molecule has 0 N–H and O–H groups in total. The molecule has 1 aromatic carbocycles. The molecule has 0 unspecified atom stereocenters. The number of morpholine rings is 1. The van der Waals surface area contributed by atoms with Crippen LogP contribution in [0.3, 0.4) is 0 Å². The summed E-state index contributed by atoms with van der Waals surface area (Å²) < 4.78 is 9.09. The number of benzene rings is 1. The highest BCUT2D eigenvalue weighted by Gasteiger charge is 2.23. The van der Waals surface area contributed by atoms with E-state index in [0.29, 0.717) is 12.2 Å². The summed E-state index contributed by atoms with van der Waals surface area (Å²) in [6, 6.07) is 7.73. The second-order valence-electron chi connectivity index (χ2n) is 6.71.